The molecule has 0 bridgehead atoms. The first-order valence-corrected chi connectivity index (χ1v) is 10.9. The monoisotopic (exact) mass is 411 g/mol. The van der Waals surface area contributed by atoms with Crippen molar-refractivity contribution in [1.29, 1.82) is 0 Å². The minimum atomic E-state index is -0.612. The van der Waals surface area contributed by atoms with Gasteiger partial charge in [-0.3, -0.25) is 14.7 Å². The van der Waals surface area contributed by atoms with Crippen molar-refractivity contribution in [3.63, 3.8) is 0 Å². The van der Waals surface area contributed by atoms with Gasteiger partial charge in [0, 0.05) is 29.8 Å². The SMILES string of the molecule is CCc1csc(C2CCCN(C(=O)C(C)NC(=O)c3n[nH]c4ccccc34)C2)n1. The number of fused-ring (bicyclic) bond motifs is 1. The van der Waals surface area contributed by atoms with Crippen LogP contribution in [0.2, 0.25) is 0 Å². The van der Waals surface area contributed by atoms with Gasteiger partial charge in [0.15, 0.2) is 5.69 Å². The van der Waals surface area contributed by atoms with E-state index in [-0.39, 0.29) is 17.7 Å². The van der Waals surface area contributed by atoms with Crippen LogP contribution in [0.5, 0.6) is 0 Å². The molecule has 29 heavy (non-hydrogen) atoms. The van der Waals surface area contributed by atoms with Crippen LogP contribution in [-0.4, -0.2) is 51.0 Å². The van der Waals surface area contributed by atoms with Crippen LogP contribution in [-0.2, 0) is 11.2 Å². The highest BCUT2D eigenvalue weighted by Gasteiger charge is 2.30. The lowest BCUT2D eigenvalue weighted by Crippen LogP contribution is -2.49. The number of thiazole rings is 1. The van der Waals surface area contributed by atoms with Gasteiger partial charge in [-0.05, 0) is 32.3 Å². The van der Waals surface area contributed by atoms with Gasteiger partial charge in [0.25, 0.3) is 5.91 Å². The van der Waals surface area contributed by atoms with Crippen molar-refractivity contribution in [2.75, 3.05) is 13.1 Å². The van der Waals surface area contributed by atoms with Gasteiger partial charge in [0.2, 0.25) is 5.91 Å². The van der Waals surface area contributed by atoms with Crippen molar-refractivity contribution in [3.05, 3.63) is 46.0 Å². The largest absolute Gasteiger partial charge is 0.340 e. The number of aromatic amines is 1. The van der Waals surface area contributed by atoms with Crippen molar-refractivity contribution in [3.8, 4) is 0 Å². The molecule has 2 amide bonds. The third kappa shape index (κ3) is 4.03. The molecule has 1 aromatic carbocycles. The van der Waals surface area contributed by atoms with Crippen molar-refractivity contribution < 1.29 is 9.59 Å². The van der Waals surface area contributed by atoms with Crippen LogP contribution < -0.4 is 5.32 Å². The lowest BCUT2D eigenvalue weighted by molar-refractivity contribution is -0.134. The Kier molecular flexibility index (Phi) is 5.62. The highest BCUT2D eigenvalue weighted by molar-refractivity contribution is 7.09. The summed E-state index contributed by atoms with van der Waals surface area (Å²) in [6, 6.07) is 6.84. The van der Waals surface area contributed by atoms with E-state index < -0.39 is 6.04 Å². The Labute approximate surface area is 173 Å². The van der Waals surface area contributed by atoms with Crippen LogP contribution in [0.15, 0.2) is 29.6 Å². The fourth-order valence-corrected chi connectivity index (χ4v) is 4.82. The summed E-state index contributed by atoms with van der Waals surface area (Å²) in [5.41, 5.74) is 2.22. The van der Waals surface area contributed by atoms with Crippen LogP contribution in [0.25, 0.3) is 10.9 Å². The topological polar surface area (TPSA) is 91.0 Å². The second-order valence-electron chi connectivity index (χ2n) is 7.47. The number of carbonyl (C=O) groups is 2. The standard InChI is InChI=1S/C21H25N5O2S/c1-3-15-12-29-20(23-15)14-7-6-10-26(11-14)21(28)13(2)22-19(27)18-16-8-4-5-9-17(16)24-25-18/h4-5,8-9,12-14H,3,6-7,10-11H2,1-2H3,(H,22,27)(H,24,25). The van der Waals surface area contributed by atoms with E-state index in [0.29, 0.717) is 18.8 Å². The van der Waals surface area contributed by atoms with Gasteiger partial charge >= 0.3 is 0 Å². The quantitative estimate of drug-likeness (QED) is 0.675. The molecule has 4 rings (SSSR count). The number of aromatic nitrogens is 3. The summed E-state index contributed by atoms with van der Waals surface area (Å²) < 4.78 is 0. The number of para-hydroxylation sites is 1. The minimum absolute atomic E-state index is 0.0600. The molecule has 2 N–H and O–H groups in total. The Morgan fingerprint density at radius 1 is 1.38 bits per heavy atom. The van der Waals surface area contributed by atoms with E-state index in [1.807, 2.05) is 29.2 Å². The van der Waals surface area contributed by atoms with E-state index >= 15 is 0 Å². The number of benzene rings is 1. The Balaban J connectivity index is 1.41. The van der Waals surface area contributed by atoms with Crippen molar-refractivity contribution in [2.45, 2.75) is 45.1 Å². The molecule has 8 heteroatoms. The van der Waals surface area contributed by atoms with Crippen LogP contribution in [0, 0.1) is 0 Å². The Hall–Kier alpha value is -2.74. The normalized spacial score (nSPS) is 18.0. The summed E-state index contributed by atoms with van der Waals surface area (Å²) in [6.45, 7) is 5.20. The number of carbonyl (C=O) groups excluding carboxylic acids is 2. The van der Waals surface area contributed by atoms with Gasteiger partial charge in [-0.25, -0.2) is 4.98 Å². The van der Waals surface area contributed by atoms with Crippen LogP contribution in [0.1, 0.15) is 53.8 Å². The first-order valence-electron chi connectivity index (χ1n) is 10.0. The first-order chi connectivity index (χ1) is 14.1. The highest BCUT2D eigenvalue weighted by atomic mass is 32.1. The zero-order chi connectivity index (χ0) is 20.4. The predicted octanol–water partition coefficient (Wildman–Crippen LogP) is 3.11. The number of piperidine rings is 1. The van der Waals surface area contributed by atoms with Gasteiger partial charge in [0.05, 0.1) is 16.2 Å². The maximum atomic E-state index is 13.0. The lowest BCUT2D eigenvalue weighted by atomic mass is 9.98. The third-order valence-corrected chi connectivity index (χ3v) is 6.47. The summed E-state index contributed by atoms with van der Waals surface area (Å²) in [6.07, 6.45) is 2.92. The van der Waals surface area contributed by atoms with Crippen molar-refractivity contribution >= 4 is 34.1 Å². The van der Waals surface area contributed by atoms with Crippen LogP contribution >= 0.6 is 11.3 Å². The number of nitrogens with zero attached hydrogens (tertiary/aromatic N) is 3. The average Bonchev–Trinajstić information content (AvgIpc) is 3.40. The molecule has 152 valence electrons. The zero-order valence-corrected chi connectivity index (χ0v) is 17.5. The summed E-state index contributed by atoms with van der Waals surface area (Å²) in [5, 5.41) is 13.7. The molecule has 0 aliphatic carbocycles. The molecule has 1 saturated heterocycles. The number of aryl methyl sites for hydroxylation is 1. The van der Waals surface area contributed by atoms with Gasteiger partial charge < -0.3 is 10.2 Å². The number of H-pyrrole nitrogens is 1. The van der Waals surface area contributed by atoms with Crippen LogP contribution in [0.3, 0.4) is 0 Å². The second-order valence-corrected chi connectivity index (χ2v) is 8.36. The highest BCUT2D eigenvalue weighted by Crippen LogP contribution is 2.29. The summed E-state index contributed by atoms with van der Waals surface area (Å²) >= 11 is 1.68. The molecule has 7 nitrogen and oxygen atoms in total. The maximum absolute atomic E-state index is 13.0. The smallest absolute Gasteiger partial charge is 0.273 e. The van der Waals surface area contributed by atoms with E-state index in [1.54, 1.807) is 18.3 Å². The molecule has 2 atom stereocenters. The van der Waals surface area contributed by atoms with E-state index in [4.69, 9.17) is 4.98 Å². The number of likely N-dealkylation sites (tertiary alicyclic amines) is 1. The molecular weight excluding hydrogens is 386 g/mol. The Morgan fingerprint density at radius 2 is 2.21 bits per heavy atom. The first kappa shape index (κ1) is 19.6. The van der Waals surface area contributed by atoms with Gasteiger partial charge in [0.1, 0.15) is 6.04 Å². The molecule has 1 aliphatic heterocycles. The summed E-state index contributed by atoms with van der Waals surface area (Å²) in [7, 11) is 0. The molecule has 1 aliphatic rings. The van der Waals surface area contributed by atoms with Gasteiger partial charge in [-0.15, -0.1) is 11.3 Å². The zero-order valence-electron chi connectivity index (χ0n) is 16.6. The van der Waals surface area contributed by atoms with E-state index in [0.717, 1.165) is 40.9 Å². The number of hydrogen-bond acceptors (Lipinski definition) is 5. The van der Waals surface area contributed by atoms with E-state index in [1.165, 1.54) is 0 Å². The molecular formula is C21H25N5O2S. The number of hydrogen-bond donors (Lipinski definition) is 2. The fraction of sp³-hybridized carbons (Fsp3) is 0.429. The molecule has 0 radical (unpaired) electrons. The molecule has 3 heterocycles. The third-order valence-electron chi connectivity index (χ3n) is 5.42. The maximum Gasteiger partial charge on any atom is 0.273 e. The molecule has 2 unspecified atom stereocenters. The molecule has 3 aromatic rings. The predicted molar refractivity (Wildman–Crippen MR) is 113 cm³/mol. The van der Waals surface area contributed by atoms with Crippen LogP contribution in [0.4, 0.5) is 0 Å². The molecule has 2 aromatic heterocycles. The fourth-order valence-electron chi connectivity index (χ4n) is 3.79. The van der Waals surface area contributed by atoms with E-state index in [9.17, 15) is 9.59 Å². The lowest BCUT2D eigenvalue weighted by Gasteiger charge is -2.33. The summed E-state index contributed by atoms with van der Waals surface area (Å²) in [5.74, 6) is -0.129. The second kappa shape index (κ2) is 8.32. The average molecular weight is 412 g/mol. The Morgan fingerprint density at radius 3 is 3.00 bits per heavy atom. The van der Waals surface area contributed by atoms with E-state index in [2.05, 4.69) is 27.8 Å². The number of amides is 2. The van der Waals surface area contributed by atoms with Crippen molar-refractivity contribution in [2.24, 2.45) is 0 Å². The van der Waals surface area contributed by atoms with Gasteiger partial charge in [-0.2, -0.15) is 5.10 Å². The Bertz CT molecular complexity index is 1030. The molecule has 0 saturated carbocycles. The molecule has 0 spiro atoms. The van der Waals surface area contributed by atoms with Gasteiger partial charge in [-0.1, -0.05) is 25.1 Å². The van der Waals surface area contributed by atoms with Crippen molar-refractivity contribution in [1.82, 2.24) is 25.4 Å². The minimum Gasteiger partial charge on any atom is -0.340 e. The molecule has 1 fully saturated rings. The number of nitrogens with one attached hydrogen (secondary N) is 2. The number of rotatable bonds is 5. The summed E-state index contributed by atoms with van der Waals surface area (Å²) in [4.78, 5) is 32.2.